The smallest absolute Gasteiger partial charge is 0.361 e. The van der Waals surface area contributed by atoms with Crippen molar-refractivity contribution in [1.29, 1.82) is 5.26 Å². The molecule has 2 aliphatic rings. The van der Waals surface area contributed by atoms with E-state index in [0.29, 0.717) is 28.9 Å². The number of aromatic nitrogens is 2. The molecule has 2 N–H and O–H groups in total. The largest absolute Gasteiger partial charge is 0.438 e. The van der Waals surface area contributed by atoms with E-state index in [2.05, 4.69) is 11.1 Å². The van der Waals surface area contributed by atoms with Crippen molar-refractivity contribution in [3.8, 4) is 6.07 Å². The average molecular weight is 658 g/mol. The summed E-state index contributed by atoms with van der Waals surface area (Å²) in [4.78, 5) is 27.3. The van der Waals surface area contributed by atoms with Crippen LogP contribution in [0.2, 0.25) is 5.15 Å². The molecule has 1 saturated heterocycles. The maximum Gasteiger partial charge on any atom is 0.361 e. The lowest BCUT2D eigenvalue weighted by Gasteiger charge is -2.20. The van der Waals surface area contributed by atoms with Gasteiger partial charge < -0.3 is 33.7 Å². The molecule has 14 nitrogen and oxygen atoms in total. The molecule has 3 heterocycles. The van der Waals surface area contributed by atoms with Gasteiger partial charge in [0.15, 0.2) is 6.23 Å². The molecule has 44 heavy (non-hydrogen) atoms. The molecule has 2 aromatic heterocycles. The molecule has 0 aromatic carbocycles. The van der Waals surface area contributed by atoms with Crippen molar-refractivity contribution < 1.29 is 52.4 Å². The van der Waals surface area contributed by atoms with Crippen molar-refractivity contribution >= 4 is 42.2 Å². The van der Waals surface area contributed by atoms with Crippen LogP contribution < -0.4 is 0 Å². The third kappa shape index (κ3) is 8.16. The normalized spacial score (nSPS) is 22.4. The molecule has 0 radical (unpaired) electrons. The summed E-state index contributed by atoms with van der Waals surface area (Å²) < 4.78 is 46.0. The number of pyridine rings is 1. The van der Waals surface area contributed by atoms with Crippen molar-refractivity contribution in [3.05, 3.63) is 28.5 Å². The van der Waals surface area contributed by atoms with Crippen molar-refractivity contribution in [2.45, 2.75) is 83.3 Å². The number of carbonyl (C=O) groups is 2. The van der Waals surface area contributed by atoms with E-state index >= 15 is 0 Å². The number of carbonyl (C=O) groups excluding carboxylic acids is 2. The van der Waals surface area contributed by atoms with Crippen LogP contribution in [0.15, 0.2) is 12.3 Å². The predicted molar refractivity (Wildman–Crippen MR) is 154 cm³/mol. The second kappa shape index (κ2) is 15.6. The summed E-state index contributed by atoms with van der Waals surface area (Å²) in [5, 5.41) is 32.2. The number of ether oxygens (including phenoxy) is 4. The van der Waals surface area contributed by atoms with Crippen molar-refractivity contribution in [1.82, 2.24) is 9.55 Å². The first kappa shape index (κ1) is 34.3. The summed E-state index contributed by atoms with van der Waals surface area (Å²) >= 11 is 6.43. The van der Waals surface area contributed by atoms with Gasteiger partial charge in [-0.25, -0.2) is 4.98 Å². The van der Waals surface area contributed by atoms with Gasteiger partial charge >= 0.3 is 19.5 Å². The third-order valence-electron chi connectivity index (χ3n) is 7.66. The highest BCUT2D eigenvalue weighted by Gasteiger charge is 2.45. The van der Waals surface area contributed by atoms with Crippen LogP contribution in [0.4, 0.5) is 0 Å². The zero-order valence-corrected chi connectivity index (χ0v) is 26.2. The predicted octanol–water partition coefficient (Wildman–Crippen LogP) is 3.94. The van der Waals surface area contributed by atoms with Crippen LogP contribution in [0.25, 0.3) is 11.0 Å². The summed E-state index contributed by atoms with van der Waals surface area (Å²) in [7, 11) is -4.10. The molecule has 1 saturated carbocycles. The lowest BCUT2D eigenvalue weighted by Crippen LogP contribution is -2.34. The summed E-state index contributed by atoms with van der Waals surface area (Å²) in [6.45, 7) is 1.42. The van der Waals surface area contributed by atoms with Crippen LogP contribution in [0.3, 0.4) is 0 Å². The van der Waals surface area contributed by atoms with E-state index in [1.807, 2.05) is 0 Å². The van der Waals surface area contributed by atoms with E-state index in [0.717, 1.165) is 31.2 Å². The fourth-order valence-electron chi connectivity index (χ4n) is 5.27. The Hall–Kier alpha value is -2.60. The van der Waals surface area contributed by atoms with Gasteiger partial charge in [0.05, 0.1) is 12.2 Å². The highest BCUT2D eigenvalue weighted by atomic mass is 35.5. The molecule has 1 aliphatic carbocycles. The quantitative estimate of drug-likeness (QED) is 0.121. The number of rotatable bonds is 15. The Kier molecular flexibility index (Phi) is 12.2. The van der Waals surface area contributed by atoms with Crippen LogP contribution in [0.5, 0.6) is 0 Å². The number of aliphatic hydroxyl groups is 2. The maximum atomic E-state index is 13.2. The summed E-state index contributed by atoms with van der Waals surface area (Å²) in [5.41, 5.74) is 1.52. The summed E-state index contributed by atoms with van der Waals surface area (Å²) in [6.07, 6.45) is 1.30. The molecule has 1 aliphatic heterocycles. The van der Waals surface area contributed by atoms with Gasteiger partial charge in [-0.3, -0.25) is 23.2 Å². The Morgan fingerprint density at radius 3 is 2.36 bits per heavy atom. The second-order valence-electron chi connectivity index (χ2n) is 10.6. The first-order valence-corrected chi connectivity index (χ1v) is 16.6. The highest BCUT2D eigenvalue weighted by molar-refractivity contribution is 7.53. The number of hydrogen-bond acceptors (Lipinski definition) is 13. The molecule has 0 unspecified atom stereocenters. The molecule has 16 heteroatoms. The lowest BCUT2D eigenvalue weighted by atomic mass is 9.94. The molecule has 0 amide bonds. The van der Waals surface area contributed by atoms with Crippen LogP contribution >= 0.6 is 19.2 Å². The lowest BCUT2D eigenvalue weighted by molar-refractivity contribution is -0.152. The van der Waals surface area contributed by atoms with E-state index < -0.39 is 64.0 Å². The first-order valence-electron chi connectivity index (χ1n) is 14.5. The van der Waals surface area contributed by atoms with Crippen LogP contribution in [-0.2, 0) is 48.6 Å². The number of fused-ring (bicyclic) bond motifs is 1. The van der Waals surface area contributed by atoms with Gasteiger partial charge in [0.25, 0.3) is 0 Å². The number of nitrogens with zero attached hydrogens (tertiary/aromatic N) is 3. The van der Waals surface area contributed by atoms with Crippen LogP contribution in [-0.4, -0.2) is 76.6 Å². The fraction of sp³-hybridized carbons (Fsp3) is 0.643. The van der Waals surface area contributed by atoms with Gasteiger partial charge in [-0.15, -0.1) is 0 Å². The monoisotopic (exact) mass is 657 g/mol. The maximum absolute atomic E-state index is 13.2. The van der Waals surface area contributed by atoms with E-state index in [-0.39, 0.29) is 24.6 Å². The number of aliphatic hydroxyl groups excluding tert-OH is 2. The van der Waals surface area contributed by atoms with Crippen LogP contribution in [0, 0.1) is 17.2 Å². The van der Waals surface area contributed by atoms with Crippen molar-refractivity contribution in [2.24, 2.45) is 5.92 Å². The van der Waals surface area contributed by atoms with Gasteiger partial charge in [0.2, 0.25) is 13.6 Å². The standard InChI is InChI=1S/C28H37ClN3O11P/c1-3-22(33)39-14-41-44(37,42-15-40-23(34)4-2)16-38-13-21-24(35)25(36)28(43-21)32-10-9-18-19(11-17-7-5-6-8-17)20(12-30)26(29)31-27(18)32/h9-10,17,21,24-25,28,35-36H,3-8,11,13-16H2,1-2H3/t21-,24-,25-,28-/m1/s1. The average Bonchev–Trinajstić information content (AvgIpc) is 3.73. The number of hydrogen-bond donors (Lipinski definition) is 2. The molecule has 242 valence electrons. The Morgan fingerprint density at radius 1 is 1.14 bits per heavy atom. The van der Waals surface area contributed by atoms with Crippen molar-refractivity contribution in [3.63, 3.8) is 0 Å². The van der Waals surface area contributed by atoms with E-state index in [4.69, 9.17) is 39.6 Å². The van der Waals surface area contributed by atoms with Gasteiger partial charge in [0.1, 0.15) is 41.5 Å². The van der Waals surface area contributed by atoms with E-state index in [9.17, 15) is 29.6 Å². The molecule has 0 bridgehead atoms. The SMILES string of the molecule is CCC(=O)OCOP(=O)(COC[C@H]1O[C@@H](n2ccc3c(CC4CCCC4)c(C#N)c(Cl)nc32)[C@H](O)[C@@H]1O)OCOC(=O)CC. The minimum absolute atomic E-state index is 0.0471. The fourth-order valence-corrected chi connectivity index (χ4v) is 6.49. The van der Waals surface area contributed by atoms with Gasteiger partial charge in [-0.05, 0) is 24.0 Å². The van der Waals surface area contributed by atoms with Crippen molar-refractivity contribution in [2.75, 3.05) is 26.5 Å². The number of halogens is 1. The van der Waals surface area contributed by atoms with Gasteiger partial charge in [-0.1, -0.05) is 51.1 Å². The van der Waals surface area contributed by atoms with E-state index in [1.54, 1.807) is 30.7 Å². The number of esters is 2. The molecule has 2 fully saturated rings. The first-order chi connectivity index (χ1) is 21.1. The molecule has 4 rings (SSSR count). The Balaban J connectivity index is 1.44. The summed E-state index contributed by atoms with van der Waals surface area (Å²) in [6, 6.07) is 3.97. The Bertz CT molecular complexity index is 1380. The van der Waals surface area contributed by atoms with Gasteiger partial charge in [-0.2, -0.15) is 5.26 Å². The highest BCUT2D eigenvalue weighted by Crippen LogP contribution is 2.48. The van der Waals surface area contributed by atoms with Gasteiger partial charge in [0, 0.05) is 24.4 Å². The third-order valence-corrected chi connectivity index (χ3v) is 9.43. The zero-order valence-electron chi connectivity index (χ0n) is 24.6. The zero-order chi connectivity index (χ0) is 31.9. The second-order valence-corrected chi connectivity index (χ2v) is 12.9. The molecule has 4 atom stereocenters. The molecular formula is C28H37ClN3O11P. The molecule has 0 spiro atoms. The van der Waals surface area contributed by atoms with Crippen LogP contribution in [0.1, 0.15) is 69.7 Å². The minimum atomic E-state index is -4.10. The Morgan fingerprint density at radius 2 is 1.77 bits per heavy atom. The summed E-state index contributed by atoms with van der Waals surface area (Å²) in [5.74, 6) is -0.759. The minimum Gasteiger partial charge on any atom is -0.438 e. The Labute approximate surface area is 259 Å². The molecule has 2 aromatic rings. The topological polar surface area (TPSA) is 189 Å². The molecular weight excluding hydrogens is 621 g/mol. The number of nitriles is 1. The van der Waals surface area contributed by atoms with E-state index in [1.165, 1.54) is 0 Å².